The second-order valence-electron chi connectivity index (χ2n) is 5.83. The maximum atomic E-state index is 9.84. The highest BCUT2D eigenvalue weighted by Gasteiger charge is 2.24. The molecule has 2 rings (SSSR count). The third kappa shape index (κ3) is 4.43. The lowest BCUT2D eigenvalue weighted by molar-refractivity contribution is 0.0342. The first-order valence-corrected chi connectivity index (χ1v) is 7.21. The Labute approximate surface area is 120 Å². The highest BCUT2D eigenvalue weighted by Crippen LogP contribution is 2.16. The van der Waals surface area contributed by atoms with Crippen molar-refractivity contribution in [2.45, 2.75) is 32.9 Å². The van der Waals surface area contributed by atoms with E-state index < -0.39 is 5.60 Å². The number of aromatic nitrogens is 2. The number of piperazine rings is 1. The fourth-order valence-corrected chi connectivity index (χ4v) is 2.32. The van der Waals surface area contributed by atoms with Crippen molar-refractivity contribution < 1.29 is 9.52 Å². The molecule has 0 saturated carbocycles. The lowest BCUT2D eigenvalue weighted by atomic mass is 10.1. The Bertz CT molecular complexity index is 407. The van der Waals surface area contributed by atoms with Crippen LogP contribution in [-0.4, -0.2) is 65.1 Å². The fourth-order valence-electron chi connectivity index (χ4n) is 2.32. The van der Waals surface area contributed by atoms with Gasteiger partial charge in [-0.15, -0.1) is 5.10 Å². The molecule has 1 fully saturated rings. The van der Waals surface area contributed by atoms with Crippen LogP contribution in [0.2, 0.25) is 0 Å². The van der Waals surface area contributed by atoms with Crippen molar-refractivity contribution in [2.24, 2.45) is 0 Å². The Balaban J connectivity index is 1.82. The summed E-state index contributed by atoms with van der Waals surface area (Å²) < 4.78 is 5.63. The number of aliphatic hydroxyl groups is 1. The molecule has 0 radical (unpaired) electrons. The summed E-state index contributed by atoms with van der Waals surface area (Å²) in [6.07, 6.45) is 0. The average Bonchev–Trinajstić information content (AvgIpc) is 2.84. The van der Waals surface area contributed by atoms with E-state index in [0.717, 1.165) is 32.7 Å². The van der Waals surface area contributed by atoms with E-state index in [9.17, 15) is 5.11 Å². The molecule has 0 atom stereocenters. The van der Waals surface area contributed by atoms with Crippen molar-refractivity contribution in [3.05, 3.63) is 5.89 Å². The van der Waals surface area contributed by atoms with E-state index >= 15 is 0 Å². The number of nitrogens with one attached hydrogen (secondary N) is 1. The molecule has 0 amide bonds. The maximum Gasteiger partial charge on any atom is 0.318 e. The predicted octanol–water partition coefficient (Wildman–Crippen LogP) is 0.0720. The second kappa shape index (κ2) is 6.51. The van der Waals surface area contributed by atoms with Crippen LogP contribution in [0.15, 0.2) is 4.42 Å². The van der Waals surface area contributed by atoms with E-state index in [1.165, 1.54) is 0 Å². The Morgan fingerprint density at radius 2 is 1.95 bits per heavy atom. The first-order valence-electron chi connectivity index (χ1n) is 7.21. The highest BCUT2D eigenvalue weighted by atomic mass is 16.4. The van der Waals surface area contributed by atoms with Gasteiger partial charge in [-0.1, -0.05) is 12.0 Å². The van der Waals surface area contributed by atoms with Crippen LogP contribution >= 0.6 is 0 Å². The van der Waals surface area contributed by atoms with Crippen molar-refractivity contribution in [2.75, 3.05) is 44.2 Å². The van der Waals surface area contributed by atoms with E-state index in [1.807, 2.05) is 20.8 Å². The Hall–Kier alpha value is -1.18. The van der Waals surface area contributed by atoms with Gasteiger partial charge in [0.25, 0.3) is 0 Å². The third-order valence-electron chi connectivity index (χ3n) is 3.24. The van der Waals surface area contributed by atoms with Gasteiger partial charge in [0.1, 0.15) is 0 Å². The number of anilines is 1. The Morgan fingerprint density at radius 3 is 2.55 bits per heavy atom. The molecule has 2 heterocycles. The van der Waals surface area contributed by atoms with Crippen molar-refractivity contribution in [1.82, 2.24) is 20.4 Å². The van der Waals surface area contributed by atoms with E-state index in [1.54, 1.807) is 0 Å². The van der Waals surface area contributed by atoms with Crippen molar-refractivity contribution in [3.63, 3.8) is 0 Å². The molecule has 0 aromatic carbocycles. The van der Waals surface area contributed by atoms with Gasteiger partial charge in [0, 0.05) is 32.7 Å². The van der Waals surface area contributed by atoms with Crippen LogP contribution in [0, 0.1) is 0 Å². The largest absolute Gasteiger partial charge is 0.407 e. The Kier molecular flexibility index (Phi) is 4.95. The second-order valence-corrected chi connectivity index (χ2v) is 5.83. The van der Waals surface area contributed by atoms with Gasteiger partial charge in [-0.25, -0.2) is 0 Å². The fraction of sp³-hybridized carbons (Fsp3) is 0.846. The van der Waals surface area contributed by atoms with Crippen LogP contribution in [-0.2, 0) is 6.54 Å². The number of hydrogen-bond acceptors (Lipinski definition) is 7. The summed E-state index contributed by atoms with van der Waals surface area (Å²) in [6.45, 7) is 11.4. The van der Waals surface area contributed by atoms with Crippen LogP contribution in [0.1, 0.15) is 26.7 Å². The van der Waals surface area contributed by atoms with E-state index in [2.05, 4.69) is 25.3 Å². The summed E-state index contributed by atoms with van der Waals surface area (Å²) in [7, 11) is 0. The molecule has 0 spiro atoms. The minimum Gasteiger partial charge on any atom is -0.407 e. The summed E-state index contributed by atoms with van der Waals surface area (Å²) >= 11 is 0. The predicted molar refractivity (Wildman–Crippen MR) is 76.6 cm³/mol. The lowest BCUT2D eigenvalue weighted by Gasteiger charge is -2.36. The number of nitrogens with zero attached hydrogens (tertiary/aromatic N) is 4. The third-order valence-corrected chi connectivity index (χ3v) is 3.24. The monoisotopic (exact) mass is 283 g/mol. The minimum atomic E-state index is -0.647. The van der Waals surface area contributed by atoms with E-state index in [-0.39, 0.29) is 0 Å². The van der Waals surface area contributed by atoms with E-state index in [0.29, 0.717) is 25.0 Å². The molecule has 1 aliphatic heterocycles. The van der Waals surface area contributed by atoms with Gasteiger partial charge < -0.3 is 19.7 Å². The van der Waals surface area contributed by atoms with Gasteiger partial charge in [0.15, 0.2) is 0 Å². The van der Waals surface area contributed by atoms with Gasteiger partial charge in [-0.05, 0) is 20.4 Å². The molecule has 114 valence electrons. The molecule has 7 nitrogen and oxygen atoms in total. The normalized spacial score (nSPS) is 17.7. The first kappa shape index (κ1) is 15.2. The highest BCUT2D eigenvalue weighted by molar-refractivity contribution is 5.25. The zero-order chi connectivity index (χ0) is 14.6. The minimum absolute atomic E-state index is 0.598. The smallest absolute Gasteiger partial charge is 0.318 e. The van der Waals surface area contributed by atoms with E-state index in [4.69, 9.17) is 4.42 Å². The molecule has 1 aromatic rings. The van der Waals surface area contributed by atoms with Gasteiger partial charge in [0.2, 0.25) is 5.89 Å². The van der Waals surface area contributed by atoms with Gasteiger partial charge >= 0.3 is 6.01 Å². The molecule has 0 bridgehead atoms. The van der Waals surface area contributed by atoms with Crippen molar-refractivity contribution in [3.8, 4) is 0 Å². The molecule has 1 saturated heterocycles. The molecule has 1 aromatic heterocycles. The zero-order valence-electron chi connectivity index (χ0n) is 12.6. The van der Waals surface area contributed by atoms with Crippen LogP contribution in [0.4, 0.5) is 6.01 Å². The molecular weight excluding hydrogens is 258 g/mol. The van der Waals surface area contributed by atoms with Crippen LogP contribution in [0.5, 0.6) is 0 Å². The molecule has 0 unspecified atom stereocenters. The summed E-state index contributed by atoms with van der Waals surface area (Å²) in [6, 6.07) is 0.598. The van der Waals surface area contributed by atoms with Crippen LogP contribution < -0.4 is 10.2 Å². The summed E-state index contributed by atoms with van der Waals surface area (Å²) in [5.41, 5.74) is -0.647. The summed E-state index contributed by atoms with van der Waals surface area (Å²) in [5, 5.41) is 21.1. The summed E-state index contributed by atoms with van der Waals surface area (Å²) in [4.78, 5) is 4.36. The van der Waals surface area contributed by atoms with Crippen LogP contribution in [0.25, 0.3) is 0 Å². The molecule has 7 heteroatoms. The average molecular weight is 283 g/mol. The maximum absolute atomic E-state index is 9.84. The zero-order valence-corrected chi connectivity index (χ0v) is 12.6. The summed E-state index contributed by atoms with van der Waals surface area (Å²) in [5.74, 6) is 0.626. The van der Waals surface area contributed by atoms with Gasteiger partial charge in [-0.3, -0.25) is 4.90 Å². The van der Waals surface area contributed by atoms with Gasteiger partial charge in [-0.2, -0.15) is 0 Å². The Morgan fingerprint density at radius 1 is 1.25 bits per heavy atom. The number of hydrogen-bond donors (Lipinski definition) is 2. The van der Waals surface area contributed by atoms with Crippen LogP contribution in [0.3, 0.4) is 0 Å². The quantitative estimate of drug-likeness (QED) is 0.765. The number of rotatable bonds is 6. The molecular formula is C13H25N5O2. The van der Waals surface area contributed by atoms with Crippen molar-refractivity contribution >= 4 is 6.01 Å². The molecule has 1 aliphatic rings. The number of β-amino-alcohol motifs (C(OH)–C–C–N with tert-alkyl or cyclic N) is 1. The molecule has 0 aliphatic carbocycles. The SMILES string of the molecule is CCNCc1nnc(N2CCN(CC(C)(C)O)CC2)o1. The first-order chi connectivity index (χ1) is 9.48. The van der Waals surface area contributed by atoms with Gasteiger partial charge in [0.05, 0.1) is 12.1 Å². The standard InChI is InChI=1S/C13H25N5O2/c1-4-14-9-11-15-16-12(20-11)18-7-5-17(6-8-18)10-13(2,3)19/h14,19H,4-10H2,1-3H3. The van der Waals surface area contributed by atoms with Crippen molar-refractivity contribution in [1.29, 1.82) is 0 Å². The molecule has 20 heavy (non-hydrogen) atoms. The lowest BCUT2D eigenvalue weighted by Crippen LogP contribution is -2.50. The molecule has 2 N–H and O–H groups in total. The topological polar surface area (TPSA) is 77.7 Å².